The SMILES string of the molecule is CN(Cc1ccccc1)[C@@H]1CCc2[nH]c3ccc(C(N)=O)cc3c2C1. The van der Waals surface area contributed by atoms with Crippen LogP contribution in [-0.4, -0.2) is 28.9 Å². The number of primary amides is 1. The number of carbonyl (C=O) groups is 1. The lowest BCUT2D eigenvalue weighted by Crippen LogP contribution is -2.35. The van der Waals surface area contributed by atoms with Crippen molar-refractivity contribution in [3.63, 3.8) is 0 Å². The number of aryl methyl sites for hydroxylation is 1. The molecule has 1 amide bonds. The molecule has 4 heteroatoms. The number of nitrogens with zero attached hydrogens (tertiary/aromatic N) is 1. The Balaban J connectivity index is 1.60. The molecule has 0 aliphatic heterocycles. The minimum atomic E-state index is -0.370. The van der Waals surface area contributed by atoms with Crippen molar-refractivity contribution < 1.29 is 4.79 Å². The minimum absolute atomic E-state index is 0.370. The second kappa shape index (κ2) is 6.37. The number of nitrogens with one attached hydrogen (secondary N) is 1. The van der Waals surface area contributed by atoms with Crippen molar-refractivity contribution in [2.75, 3.05) is 7.05 Å². The number of amides is 1. The zero-order valence-electron chi connectivity index (χ0n) is 14.5. The Labute approximate surface area is 147 Å². The molecule has 1 atom stereocenters. The maximum Gasteiger partial charge on any atom is 0.248 e. The van der Waals surface area contributed by atoms with Gasteiger partial charge in [-0.05, 0) is 55.6 Å². The monoisotopic (exact) mass is 333 g/mol. The van der Waals surface area contributed by atoms with E-state index >= 15 is 0 Å². The summed E-state index contributed by atoms with van der Waals surface area (Å²) in [5.74, 6) is -0.370. The molecule has 4 nitrogen and oxygen atoms in total. The van der Waals surface area contributed by atoms with Crippen molar-refractivity contribution in [1.82, 2.24) is 9.88 Å². The number of aromatic amines is 1. The predicted octanol–water partition coefficient (Wildman–Crippen LogP) is 3.26. The molecule has 0 radical (unpaired) electrons. The highest BCUT2D eigenvalue weighted by atomic mass is 16.1. The highest BCUT2D eigenvalue weighted by molar-refractivity contribution is 5.98. The summed E-state index contributed by atoms with van der Waals surface area (Å²) in [5.41, 5.74) is 11.1. The predicted molar refractivity (Wildman–Crippen MR) is 101 cm³/mol. The molecule has 0 fully saturated rings. The molecule has 1 aliphatic carbocycles. The molecule has 0 spiro atoms. The summed E-state index contributed by atoms with van der Waals surface area (Å²) in [6, 6.07) is 16.8. The van der Waals surface area contributed by atoms with Crippen LogP contribution in [0.25, 0.3) is 10.9 Å². The zero-order valence-corrected chi connectivity index (χ0v) is 14.5. The lowest BCUT2D eigenvalue weighted by atomic mass is 9.90. The molecule has 0 saturated heterocycles. The van der Waals surface area contributed by atoms with Gasteiger partial charge < -0.3 is 10.7 Å². The van der Waals surface area contributed by atoms with Crippen LogP contribution in [0, 0.1) is 0 Å². The molecular formula is C21H23N3O. The maximum atomic E-state index is 11.5. The van der Waals surface area contributed by atoms with Gasteiger partial charge in [0, 0.05) is 34.7 Å². The summed E-state index contributed by atoms with van der Waals surface area (Å²) in [6.07, 6.45) is 3.19. The van der Waals surface area contributed by atoms with E-state index in [0.717, 1.165) is 36.7 Å². The van der Waals surface area contributed by atoms with Gasteiger partial charge in [0.05, 0.1) is 0 Å². The lowest BCUT2D eigenvalue weighted by Gasteiger charge is -2.31. The number of rotatable bonds is 4. The summed E-state index contributed by atoms with van der Waals surface area (Å²) in [7, 11) is 2.20. The van der Waals surface area contributed by atoms with E-state index in [1.54, 1.807) is 6.07 Å². The number of H-pyrrole nitrogens is 1. The van der Waals surface area contributed by atoms with Gasteiger partial charge in [-0.1, -0.05) is 30.3 Å². The van der Waals surface area contributed by atoms with Gasteiger partial charge in [0.1, 0.15) is 0 Å². The Morgan fingerprint density at radius 2 is 2.04 bits per heavy atom. The van der Waals surface area contributed by atoms with E-state index in [2.05, 4.69) is 47.3 Å². The van der Waals surface area contributed by atoms with Crippen LogP contribution in [0.3, 0.4) is 0 Å². The summed E-state index contributed by atoms with van der Waals surface area (Å²) in [5, 5.41) is 1.14. The quantitative estimate of drug-likeness (QED) is 0.770. The van der Waals surface area contributed by atoms with Gasteiger partial charge >= 0.3 is 0 Å². The highest BCUT2D eigenvalue weighted by Crippen LogP contribution is 2.31. The van der Waals surface area contributed by atoms with Gasteiger partial charge in [0.25, 0.3) is 0 Å². The molecule has 25 heavy (non-hydrogen) atoms. The second-order valence-electron chi connectivity index (χ2n) is 7.00. The first kappa shape index (κ1) is 15.9. The van der Waals surface area contributed by atoms with Gasteiger partial charge in [-0.25, -0.2) is 0 Å². The molecule has 3 aromatic rings. The molecular weight excluding hydrogens is 310 g/mol. The second-order valence-corrected chi connectivity index (χ2v) is 7.00. The van der Waals surface area contributed by atoms with Crippen LogP contribution >= 0.6 is 0 Å². The smallest absolute Gasteiger partial charge is 0.248 e. The Morgan fingerprint density at radius 3 is 2.80 bits per heavy atom. The minimum Gasteiger partial charge on any atom is -0.366 e. The van der Waals surface area contributed by atoms with E-state index in [1.807, 2.05) is 12.1 Å². The van der Waals surface area contributed by atoms with Gasteiger partial charge in [-0.3, -0.25) is 9.69 Å². The first-order chi connectivity index (χ1) is 12.1. The summed E-state index contributed by atoms with van der Waals surface area (Å²) >= 11 is 0. The molecule has 2 aromatic carbocycles. The van der Waals surface area contributed by atoms with E-state index in [9.17, 15) is 4.79 Å². The number of fused-ring (bicyclic) bond motifs is 3. The Hall–Kier alpha value is -2.59. The molecule has 0 saturated carbocycles. The van der Waals surface area contributed by atoms with Gasteiger partial charge in [-0.2, -0.15) is 0 Å². The fourth-order valence-corrected chi connectivity index (χ4v) is 3.93. The Kier molecular flexibility index (Phi) is 4.06. The average molecular weight is 333 g/mol. The summed E-state index contributed by atoms with van der Waals surface area (Å²) in [6.45, 7) is 0.954. The van der Waals surface area contributed by atoms with E-state index in [4.69, 9.17) is 5.73 Å². The first-order valence-electron chi connectivity index (χ1n) is 8.79. The third-order valence-corrected chi connectivity index (χ3v) is 5.34. The molecule has 1 aromatic heterocycles. The summed E-state index contributed by atoms with van der Waals surface area (Å²) in [4.78, 5) is 17.5. The van der Waals surface area contributed by atoms with Crippen LogP contribution in [0.2, 0.25) is 0 Å². The number of nitrogens with two attached hydrogens (primary N) is 1. The standard InChI is InChI=1S/C21H23N3O/c1-24(13-14-5-3-2-4-6-14)16-8-10-20-18(12-16)17-11-15(21(22)25)7-9-19(17)23-20/h2-7,9,11,16,23H,8,10,12-13H2,1H3,(H2,22,25)/t16-/m1/s1. The van der Waals surface area contributed by atoms with Gasteiger partial charge in [0.2, 0.25) is 5.91 Å². The van der Waals surface area contributed by atoms with Crippen LogP contribution < -0.4 is 5.73 Å². The maximum absolute atomic E-state index is 11.5. The van der Waals surface area contributed by atoms with Crippen LogP contribution in [0.1, 0.15) is 33.6 Å². The molecule has 1 aliphatic rings. The fraction of sp³-hybridized carbons (Fsp3) is 0.286. The van der Waals surface area contributed by atoms with Crippen molar-refractivity contribution >= 4 is 16.8 Å². The molecule has 0 bridgehead atoms. The largest absolute Gasteiger partial charge is 0.366 e. The topological polar surface area (TPSA) is 62.1 Å². The number of carbonyl (C=O) groups excluding carboxylic acids is 1. The Morgan fingerprint density at radius 1 is 1.24 bits per heavy atom. The van der Waals surface area contributed by atoms with E-state index < -0.39 is 0 Å². The molecule has 0 unspecified atom stereocenters. The highest BCUT2D eigenvalue weighted by Gasteiger charge is 2.25. The van der Waals surface area contributed by atoms with Crippen LogP contribution in [0.5, 0.6) is 0 Å². The van der Waals surface area contributed by atoms with E-state index in [1.165, 1.54) is 16.8 Å². The number of aromatic nitrogens is 1. The molecule has 4 rings (SSSR count). The van der Waals surface area contributed by atoms with Crippen LogP contribution in [0.4, 0.5) is 0 Å². The average Bonchev–Trinajstić information content (AvgIpc) is 2.99. The van der Waals surface area contributed by atoms with Crippen LogP contribution in [-0.2, 0) is 19.4 Å². The Bertz CT molecular complexity index is 914. The van der Waals surface area contributed by atoms with Gasteiger partial charge in [-0.15, -0.1) is 0 Å². The van der Waals surface area contributed by atoms with E-state index in [0.29, 0.717) is 11.6 Å². The van der Waals surface area contributed by atoms with Crippen molar-refractivity contribution in [3.05, 3.63) is 70.9 Å². The van der Waals surface area contributed by atoms with Crippen molar-refractivity contribution in [2.45, 2.75) is 31.8 Å². The van der Waals surface area contributed by atoms with Crippen molar-refractivity contribution in [3.8, 4) is 0 Å². The van der Waals surface area contributed by atoms with Crippen molar-refractivity contribution in [2.24, 2.45) is 5.73 Å². The summed E-state index contributed by atoms with van der Waals surface area (Å²) < 4.78 is 0. The zero-order chi connectivity index (χ0) is 17.4. The van der Waals surface area contributed by atoms with Gasteiger partial charge in [0.15, 0.2) is 0 Å². The van der Waals surface area contributed by atoms with Crippen molar-refractivity contribution in [1.29, 1.82) is 0 Å². The first-order valence-corrected chi connectivity index (χ1v) is 8.79. The van der Waals surface area contributed by atoms with Crippen LogP contribution in [0.15, 0.2) is 48.5 Å². The third-order valence-electron chi connectivity index (χ3n) is 5.34. The number of hydrogen-bond donors (Lipinski definition) is 2. The number of benzene rings is 2. The van der Waals surface area contributed by atoms with E-state index in [-0.39, 0.29) is 5.91 Å². The molecule has 1 heterocycles. The number of hydrogen-bond acceptors (Lipinski definition) is 2. The third kappa shape index (κ3) is 3.05. The molecule has 128 valence electrons. The number of likely N-dealkylation sites (N-methyl/N-ethyl adjacent to an activating group) is 1. The lowest BCUT2D eigenvalue weighted by molar-refractivity contribution is 0.100. The fourth-order valence-electron chi connectivity index (χ4n) is 3.93. The normalized spacial score (nSPS) is 17.0. The molecule has 3 N–H and O–H groups in total.